The van der Waals surface area contributed by atoms with Gasteiger partial charge in [0.15, 0.2) is 0 Å². The van der Waals surface area contributed by atoms with E-state index < -0.39 is 0 Å². The topological polar surface area (TPSA) is 64.1 Å². The number of nitrogens with one attached hydrogen (secondary N) is 1. The third-order valence-corrected chi connectivity index (χ3v) is 2.54. The van der Waals surface area contributed by atoms with E-state index in [4.69, 9.17) is 16.3 Å². The molecule has 0 radical (unpaired) electrons. The van der Waals surface area contributed by atoms with Crippen LogP contribution in [0.2, 0.25) is 5.28 Å². The maximum absolute atomic E-state index is 11.8. The van der Waals surface area contributed by atoms with E-state index in [2.05, 4.69) is 15.3 Å². The summed E-state index contributed by atoms with van der Waals surface area (Å²) in [4.78, 5) is 19.6. The molecule has 1 rings (SSSR count). The molecule has 0 fully saturated rings. The molecule has 0 atom stereocenters. The van der Waals surface area contributed by atoms with Crippen LogP contribution in [0.1, 0.15) is 42.9 Å². The molecule has 0 bridgehead atoms. The number of halogens is 1. The molecular formula is C13H20ClN3O2. The van der Waals surface area contributed by atoms with Crippen LogP contribution in [0, 0.1) is 6.92 Å². The molecule has 1 heterocycles. The molecule has 106 valence electrons. The fraction of sp³-hybridized carbons (Fsp3) is 0.615. The van der Waals surface area contributed by atoms with Crippen molar-refractivity contribution in [1.29, 1.82) is 0 Å². The molecule has 6 heteroatoms. The van der Waals surface area contributed by atoms with Crippen molar-refractivity contribution in [2.75, 3.05) is 13.2 Å². The summed E-state index contributed by atoms with van der Waals surface area (Å²) >= 11 is 5.71. The summed E-state index contributed by atoms with van der Waals surface area (Å²) in [6.45, 7) is 7.09. The Labute approximate surface area is 118 Å². The van der Waals surface area contributed by atoms with Gasteiger partial charge in [-0.3, -0.25) is 4.79 Å². The van der Waals surface area contributed by atoms with Crippen molar-refractivity contribution in [3.63, 3.8) is 0 Å². The average molecular weight is 286 g/mol. The van der Waals surface area contributed by atoms with Crippen molar-refractivity contribution in [3.05, 3.63) is 22.7 Å². The van der Waals surface area contributed by atoms with Gasteiger partial charge in [-0.25, -0.2) is 9.97 Å². The number of nitrogens with zero attached hydrogens (tertiary/aromatic N) is 2. The van der Waals surface area contributed by atoms with Crippen LogP contribution in [0.15, 0.2) is 6.07 Å². The zero-order valence-corrected chi connectivity index (χ0v) is 12.3. The number of carbonyl (C=O) groups excluding carboxylic acids is 1. The van der Waals surface area contributed by atoms with Crippen molar-refractivity contribution in [3.8, 4) is 0 Å². The third-order valence-electron chi connectivity index (χ3n) is 2.37. The number of ether oxygens (including phenoxy) is 1. The zero-order valence-electron chi connectivity index (χ0n) is 11.6. The van der Waals surface area contributed by atoms with E-state index in [9.17, 15) is 4.79 Å². The van der Waals surface area contributed by atoms with Gasteiger partial charge < -0.3 is 10.1 Å². The van der Waals surface area contributed by atoms with E-state index in [0.29, 0.717) is 24.5 Å². The standard InChI is InChI=1S/C13H20ClN3O2/c1-9(2)19-7-5-4-6-15-12(18)11-8-10(3)16-13(14)17-11/h8-9H,4-7H2,1-3H3,(H,15,18). The average Bonchev–Trinajstić information content (AvgIpc) is 2.31. The van der Waals surface area contributed by atoms with Crippen LogP contribution in [-0.4, -0.2) is 35.1 Å². The molecule has 0 saturated carbocycles. The smallest absolute Gasteiger partial charge is 0.270 e. The Balaban J connectivity index is 2.27. The molecule has 1 aromatic rings. The quantitative estimate of drug-likeness (QED) is 0.617. The molecule has 0 spiro atoms. The predicted molar refractivity (Wildman–Crippen MR) is 74.4 cm³/mol. The van der Waals surface area contributed by atoms with Gasteiger partial charge in [0, 0.05) is 18.8 Å². The van der Waals surface area contributed by atoms with Crippen LogP contribution in [0.25, 0.3) is 0 Å². The van der Waals surface area contributed by atoms with Gasteiger partial charge in [0.05, 0.1) is 6.10 Å². The highest BCUT2D eigenvalue weighted by atomic mass is 35.5. The Kier molecular flexibility index (Phi) is 6.73. The molecule has 0 unspecified atom stereocenters. The van der Waals surface area contributed by atoms with Crippen molar-refractivity contribution in [1.82, 2.24) is 15.3 Å². The lowest BCUT2D eigenvalue weighted by Crippen LogP contribution is -2.26. The fourth-order valence-electron chi connectivity index (χ4n) is 1.49. The first-order valence-electron chi connectivity index (χ1n) is 6.40. The van der Waals surface area contributed by atoms with Gasteiger partial charge in [0.25, 0.3) is 5.91 Å². The molecule has 5 nitrogen and oxygen atoms in total. The van der Waals surface area contributed by atoms with Crippen molar-refractivity contribution < 1.29 is 9.53 Å². The summed E-state index contributed by atoms with van der Waals surface area (Å²) < 4.78 is 5.41. The van der Waals surface area contributed by atoms with Crippen LogP contribution in [0.3, 0.4) is 0 Å². The van der Waals surface area contributed by atoms with Gasteiger partial charge in [-0.1, -0.05) is 0 Å². The molecule has 1 N–H and O–H groups in total. The maximum Gasteiger partial charge on any atom is 0.270 e. The van der Waals surface area contributed by atoms with Gasteiger partial charge >= 0.3 is 0 Å². The Hall–Kier alpha value is -1.20. The Morgan fingerprint density at radius 2 is 2.16 bits per heavy atom. The SMILES string of the molecule is Cc1cc(C(=O)NCCCCOC(C)C)nc(Cl)n1. The maximum atomic E-state index is 11.8. The van der Waals surface area contributed by atoms with Crippen LogP contribution >= 0.6 is 11.6 Å². The zero-order chi connectivity index (χ0) is 14.3. The molecule has 1 amide bonds. The second-order valence-electron chi connectivity index (χ2n) is 4.55. The molecular weight excluding hydrogens is 266 g/mol. The molecule has 0 aromatic carbocycles. The third kappa shape index (κ3) is 6.50. The Bertz CT molecular complexity index is 404. The van der Waals surface area contributed by atoms with E-state index in [1.54, 1.807) is 13.0 Å². The van der Waals surface area contributed by atoms with Gasteiger partial charge in [-0.05, 0) is 51.3 Å². The molecule has 0 aliphatic rings. The van der Waals surface area contributed by atoms with E-state index in [-0.39, 0.29) is 17.3 Å². The molecule has 0 aliphatic carbocycles. The Morgan fingerprint density at radius 3 is 2.79 bits per heavy atom. The summed E-state index contributed by atoms with van der Waals surface area (Å²) in [7, 11) is 0. The van der Waals surface area contributed by atoms with Crippen molar-refractivity contribution >= 4 is 17.5 Å². The normalized spacial score (nSPS) is 10.8. The number of hydrogen-bond donors (Lipinski definition) is 1. The first-order valence-corrected chi connectivity index (χ1v) is 6.78. The van der Waals surface area contributed by atoms with Gasteiger partial charge in [-0.2, -0.15) is 0 Å². The van der Waals surface area contributed by atoms with E-state index in [1.807, 2.05) is 13.8 Å². The highest BCUT2D eigenvalue weighted by Gasteiger charge is 2.08. The van der Waals surface area contributed by atoms with E-state index >= 15 is 0 Å². The summed E-state index contributed by atoms with van der Waals surface area (Å²) in [6.07, 6.45) is 2.04. The molecule has 19 heavy (non-hydrogen) atoms. The molecule has 0 aliphatic heterocycles. The van der Waals surface area contributed by atoms with Crippen LogP contribution < -0.4 is 5.32 Å². The molecule has 0 saturated heterocycles. The minimum absolute atomic E-state index is 0.0930. The lowest BCUT2D eigenvalue weighted by molar-refractivity contribution is 0.0754. The highest BCUT2D eigenvalue weighted by Crippen LogP contribution is 2.05. The van der Waals surface area contributed by atoms with Crippen molar-refractivity contribution in [2.24, 2.45) is 0 Å². The number of hydrogen-bond acceptors (Lipinski definition) is 4. The fourth-order valence-corrected chi connectivity index (χ4v) is 1.71. The lowest BCUT2D eigenvalue weighted by atomic mass is 10.3. The first kappa shape index (κ1) is 15.9. The predicted octanol–water partition coefficient (Wildman–Crippen LogP) is 2.37. The summed E-state index contributed by atoms with van der Waals surface area (Å²) in [6, 6.07) is 1.61. The summed E-state index contributed by atoms with van der Waals surface area (Å²) in [5.41, 5.74) is 0.978. The number of aryl methyl sites for hydroxylation is 1. The lowest BCUT2D eigenvalue weighted by Gasteiger charge is -2.08. The number of carbonyl (C=O) groups is 1. The number of unbranched alkanes of at least 4 members (excludes halogenated alkanes) is 1. The van der Waals surface area contributed by atoms with Crippen LogP contribution in [0.4, 0.5) is 0 Å². The number of amides is 1. The Morgan fingerprint density at radius 1 is 1.42 bits per heavy atom. The van der Waals surface area contributed by atoms with E-state index in [0.717, 1.165) is 12.8 Å². The van der Waals surface area contributed by atoms with Gasteiger partial charge in [-0.15, -0.1) is 0 Å². The summed E-state index contributed by atoms with van der Waals surface area (Å²) in [5.74, 6) is -0.225. The van der Waals surface area contributed by atoms with Crippen LogP contribution in [-0.2, 0) is 4.74 Å². The minimum Gasteiger partial charge on any atom is -0.379 e. The monoisotopic (exact) mass is 285 g/mol. The first-order chi connectivity index (χ1) is 8.99. The molecule has 1 aromatic heterocycles. The van der Waals surface area contributed by atoms with Crippen LogP contribution in [0.5, 0.6) is 0 Å². The van der Waals surface area contributed by atoms with Gasteiger partial charge in [0.1, 0.15) is 5.69 Å². The minimum atomic E-state index is -0.225. The van der Waals surface area contributed by atoms with E-state index in [1.165, 1.54) is 0 Å². The largest absolute Gasteiger partial charge is 0.379 e. The van der Waals surface area contributed by atoms with Crippen molar-refractivity contribution in [2.45, 2.75) is 39.7 Å². The highest BCUT2D eigenvalue weighted by molar-refractivity contribution is 6.28. The number of aromatic nitrogens is 2. The van der Waals surface area contributed by atoms with Gasteiger partial charge in [0.2, 0.25) is 5.28 Å². The summed E-state index contributed by atoms with van der Waals surface area (Å²) in [5, 5.41) is 2.89. The second-order valence-corrected chi connectivity index (χ2v) is 4.88. The second kappa shape index (κ2) is 8.07. The number of rotatable bonds is 7.